The Balaban J connectivity index is 2.63. The number of rotatable bonds is 3. The molecule has 0 unspecified atom stereocenters. The van der Waals surface area contributed by atoms with E-state index in [1.807, 2.05) is 31.2 Å². The fourth-order valence-corrected chi connectivity index (χ4v) is 1.18. The number of amides is 1. The van der Waals surface area contributed by atoms with Gasteiger partial charge in [-0.25, -0.2) is 0 Å². The number of carbonyl (C=O) groups is 1. The summed E-state index contributed by atoms with van der Waals surface area (Å²) in [6, 6.07) is 7.66. The molecule has 3 heteroatoms. The van der Waals surface area contributed by atoms with Gasteiger partial charge in [0.2, 0.25) is 5.91 Å². The average molecular weight is 198 g/mol. The highest BCUT2D eigenvalue weighted by atomic mass is 35.5. The zero-order valence-corrected chi connectivity index (χ0v) is 8.27. The molecule has 0 spiro atoms. The Bertz CT molecular complexity index is 299. The number of para-hydroxylation sites is 1. The van der Waals surface area contributed by atoms with Crippen LogP contribution >= 0.6 is 11.6 Å². The standard InChI is InChI=1S/C10H12ClNO/c1-8-4-2-3-5-9(8)12-10(13)6-7-11/h2-5H,6-7H2,1H3,(H,12,13). The van der Waals surface area contributed by atoms with Crippen LogP contribution in [0.15, 0.2) is 24.3 Å². The lowest BCUT2D eigenvalue weighted by Crippen LogP contribution is -2.12. The molecule has 13 heavy (non-hydrogen) atoms. The molecule has 0 aliphatic rings. The van der Waals surface area contributed by atoms with E-state index in [2.05, 4.69) is 5.32 Å². The first-order valence-electron chi connectivity index (χ1n) is 4.15. The fraction of sp³-hybridized carbons (Fsp3) is 0.300. The number of nitrogens with one attached hydrogen (secondary N) is 1. The summed E-state index contributed by atoms with van der Waals surface area (Å²) in [6.45, 7) is 1.95. The highest BCUT2D eigenvalue weighted by Gasteiger charge is 2.02. The molecule has 0 aliphatic heterocycles. The second kappa shape index (κ2) is 4.87. The van der Waals surface area contributed by atoms with Crippen LogP contribution in [-0.2, 0) is 4.79 Å². The number of carbonyl (C=O) groups excluding carboxylic acids is 1. The topological polar surface area (TPSA) is 29.1 Å². The average Bonchev–Trinajstić information content (AvgIpc) is 2.09. The van der Waals surface area contributed by atoms with E-state index in [0.717, 1.165) is 11.3 Å². The second-order valence-electron chi connectivity index (χ2n) is 2.80. The van der Waals surface area contributed by atoms with Crippen molar-refractivity contribution >= 4 is 23.2 Å². The normalized spacial score (nSPS) is 9.69. The quantitative estimate of drug-likeness (QED) is 0.742. The third-order valence-corrected chi connectivity index (χ3v) is 1.93. The van der Waals surface area contributed by atoms with Crippen LogP contribution in [0.25, 0.3) is 0 Å². The molecule has 0 atom stereocenters. The van der Waals surface area contributed by atoms with Gasteiger partial charge in [-0.2, -0.15) is 0 Å². The van der Waals surface area contributed by atoms with E-state index >= 15 is 0 Å². The van der Waals surface area contributed by atoms with E-state index in [0.29, 0.717) is 12.3 Å². The van der Waals surface area contributed by atoms with Gasteiger partial charge in [-0.3, -0.25) is 4.79 Å². The minimum Gasteiger partial charge on any atom is -0.326 e. The lowest BCUT2D eigenvalue weighted by molar-refractivity contribution is -0.115. The van der Waals surface area contributed by atoms with Gasteiger partial charge < -0.3 is 5.32 Å². The molecule has 0 saturated heterocycles. The minimum absolute atomic E-state index is 0.0377. The van der Waals surface area contributed by atoms with Gasteiger partial charge >= 0.3 is 0 Å². The second-order valence-corrected chi connectivity index (χ2v) is 3.18. The summed E-state index contributed by atoms with van der Waals surface area (Å²) in [6.07, 6.45) is 0.357. The van der Waals surface area contributed by atoms with Gasteiger partial charge in [0.05, 0.1) is 0 Å². The van der Waals surface area contributed by atoms with Crippen molar-refractivity contribution in [1.82, 2.24) is 0 Å². The van der Waals surface area contributed by atoms with Gasteiger partial charge in [-0.15, -0.1) is 11.6 Å². The lowest BCUT2D eigenvalue weighted by atomic mass is 10.2. The largest absolute Gasteiger partial charge is 0.326 e. The van der Waals surface area contributed by atoms with E-state index in [4.69, 9.17) is 11.6 Å². The van der Waals surface area contributed by atoms with Gasteiger partial charge in [0, 0.05) is 18.0 Å². The molecular weight excluding hydrogens is 186 g/mol. The number of aryl methyl sites for hydroxylation is 1. The van der Waals surface area contributed by atoms with Crippen LogP contribution in [-0.4, -0.2) is 11.8 Å². The summed E-state index contributed by atoms with van der Waals surface area (Å²) in [5.41, 5.74) is 1.92. The lowest BCUT2D eigenvalue weighted by Gasteiger charge is -2.06. The third-order valence-electron chi connectivity index (χ3n) is 1.74. The maximum Gasteiger partial charge on any atom is 0.225 e. The third kappa shape index (κ3) is 3.07. The van der Waals surface area contributed by atoms with E-state index in [1.165, 1.54) is 0 Å². The van der Waals surface area contributed by atoms with E-state index < -0.39 is 0 Å². The minimum atomic E-state index is -0.0377. The van der Waals surface area contributed by atoms with Gasteiger partial charge in [0.25, 0.3) is 0 Å². The highest BCUT2D eigenvalue weighted by molar-refractivity contribution is 6.19. The molecule has 0 aliphatic carbocycles. The monoisotopic (exact) mass is 197 g/mol. The van der Waals surface area contributed by atoms with E-state index in [1.54, 1.807) is 0 Å². The van der Waals surface area contributed by atoms with Crippen molar-refractivity contribution in [3.8, 4) is 0 Å². The Morgan fingerprint density at radius 1 is 1.46 bits per heavy atom. The Labute approximate surface area is 82.9 Å². The van der Waals surface area contributed by atoms with Crippen molar-refractivity contribution in [3.05, 3.63) is 29.8 Å². The van der Waals surface area contributed by atoms with Crippen molar-refractivity contribution in [1.29, 1.82) is 0 Å². The number of benzene rings is 1. The van der Waals surface area contributed by atoms with E-state index in [-0.39, 0.29) is 5.91 Å². The molecule has 1 amide bonds. The van der Waals surface area contributed by atoms with Gasteiger partial charge in [-0.1, -0.05) is 18.2 Å². The summed E-state index contributed by atoms with van der Waals surface area (Å²) >= 11 is 5.44. The molecule has 0 radical (unpaired) electrons. The van der Waals surface area contributed by atoms with Gasteiger partial charge in [-0.05, 0) is 18.6 Å². The first-order chi connectivity index (χ1) is 6.24. The van der Waals surface area contributed by atoms with Crippen molar-refractivity contribution < 1.29 is 4.79 Å². The summed E-state index contributed by atoms with van der Waals surface area (Å²) in [4.78, 5) is 11.2. The molecular formula is C10H12ClNO. The molecule has 0 aromatic heterocycles. The molecule has 0 heterocycles. The first-order valence-corrected chi connectivity index (χ1v) is 4.69. The first kappa shape index (κ1) is 10.1. The molecule has 0 bridgehead atoms. The van der Waals surface area contributed by atoms with Crippen molar-refractivity contribution in [2.24, 2.45) is 0 Å². The van der Waals surface area contributed by atoms with Crippen LogP contribution in [0.5, 0.6) is 0 Å². The fourth-order valence-electron chi connectivity index (χ4n) is 1.01. The zero-order chi connectivity index (χ0) is 9.68. The zero-order valence-electron chi connectivity index (χ0n) is 7.51. The number of hydrogen-bond donors (Lipinski definition) is 1. The SMILES string of the molecule is Cc1ccccc1NC(=O)CCCl. The summed E-state index contributed by atoms with van der Waals surface area (Å²) in [7, 11) is 0. The van der Waals surface area contributed by atoms with E-state index in [9.17, 15) is 4.79 Å². The molecule has 2 nitrogen and oxygen atoms in total. The smallest absolute Gasteiger partial charge is 0.225 e. The Morgan fingerprint density at radius 3 is 2.77 bits per heavy atom. The summed E-state index contributed by atoms with van der Waals surface area (Å²) in [5, 5.41) is 2.79. The predicted octanol–water partition coefficient (Wildman–Crippen LogP) is 2.56. The van der Waals surface area contributed by atoms with Crippen LogP contribution in [0.4, 0.5) is 5.69 Å². The maximum atomic E-state index is 11.2. The molecule has 0 fully saturated rings. The van der Waals surface area contributed by atoms with Crippen molar-refractivity contribution in [2.45, 2.75) is 13.3 Å². The number of hydrogen-bond acceptors (Lipinski definition) is 1. The van der Waals surface area contributed by atoms with Crippen LogP contribution in [0.1, 0.15) is 12.0 Å². The maximum absolute atomic E-state index is 11.2. The molecule has 1 aromatic rings. The summed E-state index contributed by atoms with van der Waals surface area (Å²) in [5.74, 6) is 0.321. The van der Waals surface area contributed by atoms with Crippen LogP contribution in [0.3, 0.4) is 0 Å². The van der Waals surface area contributed by atoms with Gasteiger partial charge in [0.1, 0.15) is 0 Å². The highest BCUT2D eigenvalue weighted by Crippen LogP contribution is 2.13. The Morgan fingerprint density at radius 2 is 2.15 bits per heavy atom. The van der Waals surface area contributed by atoms with Crippen molar-refractivity contribution in [3.63, 3.8) is 0 Å². The van der Waals surface area contributed by atoms with Crippen molar-refractivity contribution in [2.75, 3.05) is 11.2 Å². The Kier molecular flexibility index (Phi) is 3.77. The van der Waals surface area contributed by atoms with Crippen LogP contribution < -0.4 is 5.32 Å². The molecule has 1 rings (SSSR count). The predicted molar refractivity (Wildman–Crippen MR) is 55.1 cm³/mol. The van der Waals surface area contributed by atoms with Gasteiger partial charge in [0.15, 0.2) is 0 Å². The molecule has 1 N–H and O–H groups in total. The number of anilines is 1. The number of alkyl halides is 1. The van der Waals surface area contributed by atoms with Crippen LogP contribution in [0, 0.1) is 6.92 Å². The Hall–Kier alpha value is -1.02. The summed E-state index contributed by atoms with van der Waals surface area (Å²) < 4.78 is 0. The molecule has 1 aromatic carbocycles. The number of halogens is 1. The van der Waals surface area contributed by atoms with Crippen LogP contribution in [0.2, 0.25) is 0 Å². The molecule has 70 valence electrons. The molecule has 0 saturated carbocycles.